The van der Waals surface area contributed by atoms with Crippen molar-refractivity contribution >= 4 is 15.9 Å². The zero-order valence-electron chi connectivity index (χ0n) is 6.70. The molecule has 1 saturated carbocycles. The molecule has 0 spiro atoms. The van der Waals surface area contributed by atoms with Gasteiger partial charge < -0.3 is 5.73 Å². The van der Waals surface area contributed by atoms with Crippen LogP contribution in [0.15, 0.2) is 22.9 Å². The summed E-state index contributed by atoms with van der Waals surface area (Å²) < 4.78 is 0.893. The predicted octanol–water partition coefficient (Wildman–Crippen LogP) is 2.25. The molecule has 1 atom stereocenters. The minimum Gasteiger partial charge on any atom is -0.324 e. The molecule has 3 heteroatoms. The molecular formula is C9H11BrN2. The van der Waals surface area contributed by atoms with Gasteiger partial charge in [-0.3, -0.25) is 0 Å². The molecule has 1 aromatic heterocycles. The van der Waals surface area contributed by atoms with Gasteiger partial charge in [0.25, 0.3) is 0 Å². The maximum atomic E-state index is 6.03. The standard InChI is InChI=1S/C9H11BrN2/c10-9-7(2-1-5-12-9)8(11)6-3-4-6/h1-2,5-6,8H,3-4,11H2/t8-/m0/s1. The van der Waals surface area contributed by atoms with E-state index in [1.165, 1.54) is 12.8 Å². The van der Waals surface area contributed by atoms with Crippen molar-refractivity contribution in [1.29, 1.82) is 0 Å². The van der Waals surface area contributed by atoms with Crippen molar-refractivity contribution in [2.75, 3.05) is 0 Å². The van der Waals surface area contributed by atoms with E-state index in [1.54, 1.807) is 6.20 Å². The van der Waals surface area contributed by atoms with E-state index >= 15 is 0 Å². The maximum Gasteiger partial charge on any atom is 0.110 e. The van der Waals surface area contributed by atoms with Gasteiger partial charge in [0.2, 0.25) is 0 Å². The molecule has 0 amide bonds. The highest BCUT2D eigenvalue weighted by Crippen LogP contribution is 2.40. The molecule has 1 heterocycles. The second-order valence-corrected chi connectivity index (χ2v) is 4.00. The summed E-state index contributed by atoms with van der Waals surface area (Å²) in [6.07, 6.45) is 4.30. The Morgan fingerprint density at radius 1 is 1.58 bits per heavy atom. The lowest BCUT2D eigenvalue weighted by atomic mass is 10.1. The zero-order valence-corrected chi connectivity index (χ0v) is 8.29. The second-order valence-electron chi connectivity index (χ2n) is 3.25. The lowest BCUT2D eigenvalue weighted by molar-refractivity contribution is 0.627. The van der Waals surface area contributed by atoms with E-state index in [-0.39, 0.29) is 6.04 Å². The molecule has 2 rings (SSSR count). The topological polar surface area (TPSA) is 38.9 Å². The van der Waals surface area contributed by atoms with Gasteiger partial charge in [-0.05, 0) is 40.8 Å². The Bertz CT molecular complexity index is 284. The van der Waals surface area contributed by atoms with Crippen molar-refractivity contribution in [3.05, 3.63) is 28.5 Å². The van der Waals surface area contributed by atoms with Gasteiger partial charge in [-0.1, -0.05) is 6.07 Å². The van der Waals surface area contributed by atoms with Crippen molar-refractivity contribution in [2.24, 2.45) is 11.7 Å². The Labute approximate surface area is 80.3 Å². The molecule has 0 radical (unpaired) electrons. The third-order valence-electron chi connectivity index (χ3n) is 2.28. The Kier molecular flexibility index (Phi) is 2.15. The Morgan fingerprint density at radius 3 is 2.92 bits per heavy atom. The molecular weight excluding hydrogens is 216 g/mol. The first-order valence-corrected chi connectivity index (χ1v) is 4.94. The first-order chi connectivity index (χ1) is 5.79. The third kappa shape index (κ3) is 1.52. The van der Waals surface area contributed by atoms with Crippen LogP contribution in [0.25, 0.3) is 0 Å². The fraction of sp³-hybridized carbons (Fsp3) is 0.444. The fourth-order valence-electron chi connectivity index (χ4n) is 1.36. The average Bonchev–Trinajstić information content (AvgIpc) is 2.86. The van der Waals surface area contributed by atoms with E-state index in [0.717, 1.165) is 10.2 Å². The molecule has 1 aromatic rings. The minimum absolute atomic E-state index is 0.174. The number of nitrogens with two attached hydrogens (primary N) is 1. The van der Waals surface area contributed by atoms with Crippen molar-refractivity contribution in [2.45, 2.75) is 18.9 Å². The van der Waals surface area contributed by atoms with Crippen LogP contribution in [0.1, 0.15) is 24.4 Å². The van der Waals surface area contributed by atoms with Crippen molar-refractivity contribution < 1.29 is 0 Å². The first-order valence-electron chi connectivity index (χ1n) is 4.15. The first kappa shape index (κ1) is 8.20. The summed E-state index contributed by atoms with van der Waals surface area (Å²) in [4.78, 5) is 4.15. The molecule has 0 saturated heterocycles. The van der Waals surface area contributed by atoms with E-state index in [4.69, 9.17) is 5.73 Å². The molecule has 0 unspecified atom stereocenters. The SMILES string of the molecule is N[C@H](c1cccnc1Br)C1CC1. The highest BCUT2D eigenvalue weighted by molar-refractivity contribution is 9.10. The van der Waals surface area contributed by atoms with Gasteiger partial charge in [-0.2, -0.15) is 0 Å². The maximum absolute atomic E-state index is 6.03. The lowest BCUT2D eigenvalue weighted by Crippen LogP contribution is -2.13. The summed E-state index contributed by atoms with van der Waals surface area (Å²) in [7, 11) is 0. The molecule has 64 valence electrons. The lowest BCUT2D eigenvalue weighted by Gasteiger charge is -2.10. The van der Waals surface area contributed by atoms with Gasteiger partial charge in [0.1, 0.15) is 4.60 Å². The molecule has 2 nitrogen and oxygen atoms in total. The van der Waals surface area contributed by atoms with Crippen LogP contribution in [-0.4, -0.2) is 4.98 Å². The van der Waals surface area contributed by atoms with Gasteiger partial charge >= 0.3 is 0 Å². The number of pyridine rings is 1. The van der Waals surface area contributed by atoms with Gasteiger partial charge in [-0.25, -0.2) is 4.98 Å². The van der Waals surface area contributed by atoms with Crippen LogP contribution in [0, 0.1) is 5.92 Å². The van der Waals surface area contributed by atoms with Crippen LogP contribution in [-0.2, 0) is 0 Å². The van der Waals surface area contributed by atoms with Crippen molar-refractivity contribution in [3.8, 4) is 0 Å². The number of nitrogens with zero attached hydrogens (tertiary/aromatic N) is 1. The molecule has 0 aromatic carbocycles. The van der Waals surface area contributed by atoms with Gasteiger partial charge in [0.05, 0.1) is 0 Å². The zero-order chi connectivity index (χ0) is 8.55. The number of rotatable bonds is 2. The van der Waals surface area contributed by atoms with Crippen LogP contribution in [0.3, 0.4) is 0 Å². The van der Waals surface area contributed by atoms with Crippen molar-refractivity contribution in [1.82, 2.24) is 4.98 Å². The fourth-order valence-corrected chi connectivity index (χ4v) is 1.87. The smallest absolute Gasteiger partial charge is 0.110 e. The third-order valence-corrected chi connectivity index (χ3v) is 2.94. The summed E-state index contributed by atoms with van der Waals surface area (Å²) in [6, 6.07) is 4.15. The largest absolute Gasteiger partial charge is 0.324 e. The number of aromatic nitrogens is 1. The molecule has 2 N–H and O–H groups in total. The van der Waals surface area contributed by atoms with E-state index in [2.05, 4.69) is 20.9 Å². The summed E-state index contributed by atoms with van der Waals surface area (Å²) >= 11 is 3.40. The Morgan fingerprint density at radius 2 is 2.33 bits per heavy atom. The quantitative estimate of drug-likeness (QED) is 0.787. The summed E-state index contributed by atoms with van der Waals surface area (Å²) in [5, 5.41) is 0. The van der Waals surface area contributed by atoms with Gasteiger partial charge in [-0.15, -0.1) is 0 Å². The summed E-state index contributed by atoms with van der Waals surface area (Å²) in [6.45, 7) is 0. The molecule has 0 aliphatic heterocycles. The highest BCUT2D eigenvalue weighted by atomic mass is 79.9. The van der Waals surface area contributed by atoms with E-state index < -0.39 is 0 Å². The number of halogens is 1. The van der Waals surface area contributed by atoms with Gasteiger partial charge in [0, 0.05) is 17.8 Å². The van der Waals surface area contributed by atoms with Crippen molar-refractivity contribution in [3.63, 3.8) is 0 Å². The molecule has 12 heavy (non-hydrogen) atoms. The monoisotopic (exact) mass is 226 g/mol. The van der Waals surface area contributed by atoms with E-state index in [0.29, 0.717) is 5.92 Å². The number of hydrogen-bond donors (Lipinski definition) is 1. The van der Waals surface area contributed by atoms with Gasteiger partial charge in [0.15, 0.2) is 0 Å². The molecule has 1 aliphatic carbocycles. The molecule has 0 bridgehead atoms. The van der Waals surface area contributed by atoms with Crippen LogP contribution >= 0.6 is 15.9 Å². The summed E-state index contributed by atoms with van der Waals surface area (Å²) in [5.41, 5.74) is 7.17. The summed E-state index contributed by atoms with van der Waals surface area (Å²) in [5.74, 6) is 0.686. The normalized spacial score (nSPS) is 19.2. The van der Waals surface area contributed by atoms with Crippen LogP contribution in [0.4, 0.5) is 0 Å². The Hall–Kier alpha value is -0.410. The van der Waals surface area contributed by atoms with Crippen LogP contribution < -0.4 is 5.73 Å². The highest BCUT2D eigenvalue weighted by Gasteiger charge is 2.30. The molecule has 1 fully saturated rings. The predicted molar refractivity (Wildman–Crippen MR) is 51.6 cm³/mol. The van der Waals surface area contributed by atoms with E-state index in [9.17, 15) is 0 Å². The van der Waals surface area contributed by atoms with Crippen LogP contribution in [0.5, 0.6) is 0 Å². The minimum atomic E-state index is 0.174. The van der Waals surface area contributed by atoms with Crippen LogP contribution in [0.2, 0.25) is 0 Å². The molecule has 1 aliphatic rings. The average molecular weight is 227 g/mol. The number of hydrogen-bond acceptors (Lipinski definition) is 2. The second kappa shape index (κ2) is 3.15. The Balaban J connectivity index is 2.25. The van der Waals surface area contributed by atoms with E-state index in [1.807, 2.05) is 12.1 Å².